The third kappa shape index (κ3) is 2.01. The van der Waals surface area contributed by atoms with Crippen LogP contribution in [0, 0.1) is 18.8 Å². The molecule has 1 aliphatic rings. The molecule has 2 rings (SSSR count). The van der Waals surface area contributed by atoms with Crippen molar-refractivity contribution in [1.29, 1.82) is 0 Å². The highest BCUT2D eigenvalue weighted by molar-refractivity contribution is 5.28. The normalized spacial score (nSPS) is 35.0. The molecule has 0 aromatic heterocycles. The molecule has 1 saturated carbocycles. The zero-order valence-electron chi connectivity index (χ0n) is 10.5. The Morgan fingerprint density at radius 2 is 2.06 bits per heavy atom. The minimum Gasteiger partial charge on any atom is -0.385 e. The molecule has 1 aromatic rings. The fraction of sp³-hybridized carbons (Fsp3) is 0.600. The van der Waals surface area contributed by atoms with E-state index in [0.717, 1.165) is 30.7 Å². The van der Waals surface area contributed by atoms with Crippen molar-refractivity contribution in [3.8, 4) is 0 Å². The molecule has 0 amide bonds. The summed E-state index contributed by atoms with van der Waals surface area (Å²) in [6, 6.07) is 8.34. The van der Waals surface area contributed by atoms with Gasteiger partial charge in [0.25, 0.3) is 0 Å². The van der Waals surface area contributed by atoms with Gasteiger partial charge in [0.05, 0.1) is 5.60 Å². The van der Waals surface area contributed by atoms with Crippen molar-refractivity contribution >= 4 is 0 Å². The Balaban J connectivity index is 2.31. The predicted molar refractivity (Wildman–Crippen MR) is 67.3 cm³/mol. The van der Waals surface area contributed by atoms with Gasteiger partial charge in [0.1, 0.15) is 0 Å². The van der Waals surface area contributed by atoms with Gasteiger partial charge in [0.15, 0.2) is 0 Å². The Morgan fingerprint density at radius 1 is 1.31 bits per heavy atom. The molecule has 3 atom stereocenters. The lowest BCUT2D eigenvalue weighted by molar-refractivity contribution is -0.0588. The highest BCUT2D eigenvalue weighted by atomic mass is 16.3. The Morgan fingerprint density at radius 3 is 2.69 bits per heavy atom. The van der Waals surface area contributed by atoms with Crippen LogP contribution in [0.4, 0.5) is 0 Å². The molecule has 88 valence electrons. The van der Waals surface area contributed by atoms with Crippen molar-refractivity contribution in [2.24, 2.45) is 11.8 Å². The van der Waals surface area contributed by atoms with E-state index in [0.29, 0.717) is 5.92 Å². The van der Waals surface area contributed by atoms with Gasteiger partial charge in [-0.15, -0.1) is 0 Å². The summed E-state index contributed by atoms with van der Waals surface area (Å²) in [6.45, 7) is 6.55. The van der Waals surface area contributed by atoms with Crippen LogP contribution in [-0.4, -0.2) is 5.11 Å². The minimum absolute atomic E-state index is 0.359. The van der Waals surface area contributed by atoms with E-state index in [4.69, 9.17) is 0 Å². The molecule has 1 fully saturated rings. The molecule has 0 aliphatic heterocycles. The molecule has 1 aliphatic carbocycles. The number of rotatable bonds is 1. The minimum atomic E-state index is -0.599. The molecule has 3 unspecified atom stereocenters. The van der Waals surface area contributed by atoms with Crippen LogP contribution < -0.4 is 0 Å². The first kappa shape index (κ1) is 11.7. The fourth-order valence-corrected chi connectivity index (χ4v) is 2.97. The van der Waals surface area contributed by atoms with Gasteiger partial charge in [-0.25, -0.2) is 0 Å². The van der Waals surface area contributed by atoms with Gasteiger partial charge in [0.2, 0.25) is 0 Å². The van der Waals surface area contributed by atoms with Gasteiger partial charge in [-0.1, -0.05) is 43.7 Å². The highest BCUT2D eigenvalue weighted by Gasteiger charge is 2.39. The van der Waals surface area contributed by atoms with E-state index in [9.17, 15) is 5.11 Å². The summed E-state index contributed by atoms with van der Waals surface area (Å²) in [5.41, 5.74) is 1.74. The van der Waals surface area contributed by atoms with E-state index in [2.05, 4.69) is 39.0 Å². The number of aliphatic hydroxyl groups is 1. The van der Waals surface area contributed by atoms with Gasteiger partial charge in [-0.2, -0.15) is 0 Å². The smallest absolute Gasteiger partial charge is 0.0922 e. The van der Waals surface area contributed by atoms with Crippen LogP contribution in [0.2, 0.25) is 0 Å². The van der Waals surface area contributed by atoms with Crippen molar-refractivity contribution in [3.63, 3.8) is 0 Å². The van der Waals surface area contributed by atoms with Crippen molar-refractivity contribution in [1.82, 2.24) is 0 Å². The second-order valence-corrected chi connectivity index (χ2v) is 5.57. The van der Waals surface area contributed by atoms with E-state index in [1.165, 1.54) is 5.56 Å². The second-order valence-electron chi connectivity index (χ2n) is 5.57. The Bertz CT molecular complexity index is 371. The molecule has 0 radical (unpaired) electrons. The number of hydrogen-bond donors (Lipinski definition) is 1. The lowest BCUT2D eigenvalue weighted by Gasteiger charge is -2.41. The largest absolute Gasteiger partial charge is 0.385 e. The Labute approximate surface area is 98.5 Å². The highest BCUT2D eigenvalue weighted by Crippen LogP contribution is 2.43. The molecule has 0 saturated heterocycles. The topological polar surface area (TPSA) is 20.2 Å². The van der Waals surface area contributed by atoms with Crippen molar-refractivity contribution in [2.75, 3.05) is 0 Å². The summed E-state index contributed by atoms with van der Waals surface area (Å²) in [5.74, 6) is 1.11. The number of aryl methyl sites for hydroxylation is 1. The third-order valence-electron chi connectivity index (χ3n) is 4.11. The van der Waals surface area contributed by atoms with Gasteiger partial charge in [-0.05, 0) is 43.6 Å². The molecule has 0 heterocycles. The lowest BCUT2D eigenvalue weighted by Crippen LogP contribution is -2.38. The summed E-state index contributed by atoms with van der Waals surface area (Å²) >= 11 is 0. The van der Waals surface area contributed by atoms with Crippen LogP contribution in [0.1, 0.15) is 44.2 Å². The zero-order valence-corrected chi connectivity index (χ0v) is 10.5. The lowest BCUT2D eigenvalue weighted by atomic mass is 9.69. The van der Waals surface area contributed by atoms with Crippen LogP contribution in [0.5, 0.6) is 0 Å². The summed E-state index contributed by atoms with van der Waals surface area (Å²) < 4.78 is 0. The summed E-state index contributed by atoms with van der Waals surface area (Å²) in [4.78, 5) is 0. The van der Waals surface area contributed by atoms with Gasteiger partial charge in [0, 0.05) is 0 Å². The molecular formula is C15H22O. The number of hydrogen-bond acceptors (Lipinski definition) is 1. The maximum atomic E-state index is 10.9. The van der Waals surface area contributed by atoms with Crippen LogP contribution in [-0.2, 0) is 5.60 Å². The second kappa shape index (κ2) is 4.21. The van der Waals surface area contributed by atoms with Gasteiger partial charge in [-0.3, -0.25) is 0 Å². The first-order valence-corrected chi connectivity index (χ1v) is 6.32. The van der Waals surface area contributed by atoms with Crippen LogP contribution in [0.3, 0.4) is 0 Å². The van der Waals surface area contributed by atoms with E-state index >= 15 is 0 Å². The van der Waals surface area contributed by atoms with Crippen LogP contribution in [0.15, 0.2) is 24.3 Å². The van der Waals surface area contributed by atoms with Crippen molar-refractivity contribution in [3.05, 3.63) is 35.4 Å². The third-order valence-corrected chi connectivity index (χ3v) is 4.11. The predicted octanol–water partition coefficient (Wildman–Crippen LogP) is 3.64. The summed E-state index contributed by atoms with van der Waals surface area (Å²) in [6.07, 6.45) is 3.16. The number of benzene rings is 1. The summed E-state index contributed by atoms with van der Waals surface area (Å²) in [7, 11) is 0. The molecule has 16 heavy (non-hydrogen) atoms. The molecular weight excluding hydrogens is 196 g/mol. The van der Waals surface area contributed by atoms with E-state index < -0.39 is 5.60 Å². The fourth-order valence-electron chi connectivity index (χ4n) is 2.97. The van der Waals surface area contributed by atoms with E-state index in [1.54, 1.807) is 0 Å². The maximum absolute atomic E-state index is 10.9. The Kier molecular flexibility index (Phi) is 3.07. The summed E-state index contributed by atoms with van der Waals surface area (Å²) in [5, 5.41) is 10.9. The van der Waals surface area contributed by atoms with Crippen LogP contribution in [0.25, 0.3) is 0 Å². The molecule has 1 aromatic carbocycles. The van der Waals surface area contributed by atoms with E-state index in [1.807, 2.05) is 6.07 Å². The zero-order chi connectivity index (χ0) is 11.8. The standard InChI is InChI=1S/C15H22O/c1-11-5-4-6-14(10-11)15(16)8-7-12(2)9-13(15)3/h4-6,10,12-13,16H,7-9H2,1-3H3. The quantitative estimate of drug-likeness (QED) is 0.763. The molecule has 1 heteroatoms. The monoisotopic (exact) mass is 218 g/mol. The van der Waals surface area contributed by atoms with E-state index in [-0.39, 0.29) is 0 Å². The first-order chi connectivity index (χ1) is 7.52. The molecule has 0 spiro atoms. The van der Waals surface area contributed by atoms with Crippen molar-refractivity contribution in [2.45, 2.75) is 45.6 Å². The van der Waals surface area contributed by atoms with Gasteiger partial charge >= 0.3 is 0 Å². The Hall–Kier alpha value is -0.820. The average Bonchev–Trinajstić information content (AvgIpc) is 2.24. The molecule has 1 N–H and O–H groups in total. The van der Waals surface area contributed by atoms with Gasteiger partial charge < -0.3 is 5.11 Å². The SMILES string of the molecule is Cc1cccc(C2(O)CCC(C)CC2C)c1. The maximum Gasteiger partial charge on any atom is 0.0922 e. The molecule has 1 nitrogen and oxygen atoms in total. The first-order valence-electron chi connectivity index (χ1n) is 6.32. The molecule has 0 bridgehead atoms. The van der Waals surface area contributed by atoms with Crippen LogP contribution >= 0.6 is 0 Å². The average molecular weight is 218 g/mol. The van der Waals surface area contributed by atoms with Crippen molar-refractivity contribution < 1.29 is 5.11 Å².